The van der Waals surface area contributed by atoms with Gasteiger partial charge in [0.2, 0.25) is 0 Å². The van der Waals surface area contributed by atoms with Gasteiger partial charge in [0, 0.05) is 26.9 Å². The van der Waals surface area contributed by atoms with Gasteiger partial charge in [-0.15, -0.1) is 6.58 Å². The molecular weight excluding hydrogens is 232 g/mol. The lowest BCUT2D eigenvalue weighted by molar-refractivity contribution is 0.115. The lowest BCUT2D eigenvalue weighted by atomic mass is 10.1. The van der Waals surface area contributed by atoms with Gasteiger partial charge in [-0.2, -0.15) is 0 Å². The Morgan fingerprint density at radius 1 is 1.00 bits per heavy atom. The van der Waals surface area contributed by atoms with Crippen molar-refractivity contribution >= 4 is 8.80 Å². The lowest BCUT2D eigenvalue weighted by Gasteiger charge is -2.30. The minimum atomic E-state index is -2.55. The molecule has 4 heteroatoms. The standard InChI is InChI=1S/C13H27O3Si/c1-6-8-9-10-11-12-13(7-2)17(14-3,15-4)16-5/h7,13H,1-2,6,8-12H2,3-5H3. The van der Waals surface area contributed by atoms with Crippen LogP contribution in [0.4, 0.5) is 0 Å². The van der Waals surface area contributed by atoms with Gasteiger partial charge in [-0.1, -0.05) is 45.1 Å². The third kappa shape index (κ3) is 5.34. The Balaban J connectivity index is 4.16. The van der Waals surface area contributed by atoms with Crippen molar-refractivity contribution < 1.29 is 13.3 Å². The molecule has 0 aromatic heterocycles. The van der Waals surface area contributed by atoms with Gasteiger partial charge in [-0.3, -0.25) is 0 Å². The molecule has 0 aliphatic carbocycles. The number of rotatable bonds is 11. The Kier molecular flexibility index (Phi) is 9.73. The Morgan fingerprint density at radius 3 is 1.94 bits per heavy atom. The first-order valence-corrected chi connectivity index (χ1v) is 8.08. The maximum absolute atomic E-state index is 5.48. The summed E-state index contributed by atoms with van der Waals surface area (Å²) in [6.45, 7) is 7.71. The molecule has 1 radical (unpaired) electrons. The fraction of sp³-hybridized carbons (Fsp3) is 0.769. The predicted molar refractivity (Wildman–Crippen MR) is 73.8 cm³/mol. The third-order valence-corrected chi connectivity index (χ3v) is 6.25. The van der Waals surface area contributed by atoms with E-state index in [9.17, 15) is 0 Å². The molecule has 0 aliphatic rings. The Morgan fingerprint density at radius 2 is 1.53 bits per heavy atom. The molecule has 0 rings (SSSR count). The molecule has 0 fully saturated rings. The van der Waals surface area contributed by atoms with E-state index >= 15 is 0 Å². The summed E-state index contributed by atoms with van der Waals surface area (Å²) in [5.74, 6) is 0. The zero-order chi connectivity index (χ0) is 13.1. The third-order valence-electron chi connectivity index (χ3n) is 3.11. The molecule has 1 atom stereocenters. The maximum Gasteiger partial charge on any atom is 0.507 e. The molecule has 0 bridgehead atoms. The van der Waals surface area contributed by atoms with Gasteiger partial charge >= 0.3 is 8.80 Å². The van der Waals surface area contributed by atoms with Gasteiger partial charge in [0.1, 0.15) is 0 Å². The van der Waals surface area contributed by atoms with E-state index in [1.807, 2.05) is 6.08 Å². The Hall–Kier alpha value is -0.163. The number of allylic oxidation sites excluding steroid dienone is 1. The van der Waals surface area contributed by atoms with E-state index in [4.69, 9.17) is 13.3 Å². The van der Waals surface area contributed by atoms with Crippen molar-refractivity contribution in [2.45, 2.75) is 44.1 Å². The van der Waals surface area contributed by atoms with Gasteiger partial charge in [0.05, 0.1) is 0 Å². The lowest BCUT2D eigenvalue weighted by Crippen LogP contribution is -2.47. The number of unbranched alkanes of at least 4 members (excludes halogenated alkanes) is 4. The highest BCUT2D eigenvalue weighted by molar-refractivity contribution is 6.62. The highest BCUT2D eigenvalue weighted by Crippen LogP contribution is 2.30. The molecule has 1 unspecified atom stereocenters. The summed E-state index contributed by atoms with van der Waals surface area (Å²) in [5.41, 5.74) is 0.183. The van der Waals surface area contributed by atoms with Gasteiger partial charge in [0.25, 0.3) is 0 Å². The van der Waals surface area contributed by atoms with Crippen LogP contribution in [0.1, 0.15) is 38.5 Å². The average Bonchev–Trinajstić information content (AvgIpc) is 2.38. The van der Waals surface area contributed by atoms with Crippen LogP contribution in [0.2, 0.25) is 5.54 Å². The van der Waals surface area contributed by atoms with Crippen molar-refractivity contribution in [3.63, 3.8) is 0 Å². The molecule has 0 saturated carbocycles. The molecule has 0 saturated heterocycles. The van der Waals surface area contributed by atoms with E-state index in [1.54, 1.807) is 21.3 Å². The Labute approximate surface area is 108 Å². The summed E-state index contributed by atoms with van der Waals surface area (Å²) in [7, 11) is 2.41. The first-order valence-electron chi connectivity index (χ1n) is 6.28. The van der Waals surface area contributed by atoms with Gasteiger partial charge < -0.3 is 13.3 Å². The van der Waals surface area contributed by atoms with E-state index in [1.165, 1.54) is 19.3 Å². The molecule has 0 aliphatic heterocycles. The van der Waals surface area contributed by atoms with Crippen LogP contribution in [0.3, 0.4) is 0 Å². The minimum absolute atomic E-state index is 0.183. The van der Waals surface area contributed by atoms with Gasteiger partial charge in [-0.25, -0.2) is 0 Å². The van der Waals surface area contributed by atoms with E-state index in [0.717, 1.165) is 19.3 Å². The number of hydrogen-bond acceptors (Lipinski definition) is 3. The molecule has 0 aromatic carbocycles. The zero-order valence-corrected chi connectivity index (χ0v) is 12.5. The van der Waals surface area contributed by atoms with Crippen LogP contribution in [0.25, 0.3) is 0 Å². The monoisotopic (exact) mass is 259 g/mol. The summed E-state index contributed by atoms with van der Waals surface area (Å²) in [6, 6.07) is 0. The van der Waals surface area contributed by atoms with Crippen molar-refractivity contribution in [3.8, 4) is 0 Å². The molecule has 0 aromatic rings. The molecule has 0 N–H and O–H groups in total. The molecule has 0 spiro atoms. The molecule has 101 valence electrons. The largest absolute Gasteiger partial charge is 0.507 e. The van der Waals surface area contributed by atoms with Gasteiger partial charge in [-0.05, 0) is 6.42 Å². The first kappa shape index (κ1) is 16.8. The SMILES string of the molecule is [CH2]CCCCCCC(C=C)[Si](OC)(OC)OC. The van der Waals surface area contributed by atoms with Gasteiger partial charge in [0.15, 0.2) is 0 Å². The predicted octanol–water partition coefficient (Wildman–Crippen LogP) is 3.60. The quantitative estimate of drug-likeness (QED) is 0.322. The van der Waals surface area contributed by atoms with Crippen LogP contribution in [0, 0.1) is 6.92 Å². The summed E-state index contributed by atoms with van der Waals surface area (Å²) < 4.78 is 16.4. The zero-order valence-electron chi connectivity index (χ0n) is 11.5. The molecule has 17 heavy (non-hydrogen) atoms. The van der Waals surface area contributed by atoms with Crippen LogP contribution < -0.4 is 0 Å². The van der Waals surface area contributed by atoms with Crippen molar-refractivity contribution in [2.75, 3.05) is 21.3 Å². The van der Waals surface area contributed by atoms with E-state index < -0.39 is 8.80 Å². The minimum Gasteiger partial charge on any atom is -0.376 e. The van der Waals surface area contributed by atoms with Crippen molar-refractivity contribution in [1.82, 2.24) is 0 Å². The fourth-order valence-corrected chi connectivity index (χ4v) is 4.29. The van der Waals surface area contributed by atoms with Crippen molar-refractivity contribution in [1.29, 1.82) is 0 Å². The first-order chi connectivity index (χ1) is 8.20. The molecular formula is C13H27O3Si. The second kappa shape index (κ2) is 9.83. The second-order valence-corrected chi connectivity index (χ2v) is 7.29. The van der Waals surface area contributed by atoms with Crippen molar-refractivity contribution in [3.05, 3.63) is 19.6 Å². The smallest absolute Gasteiger partial charge is 0.376 e. The summed E-state index contributed by atoms with van der Waals surface area (Å²) in [6.07, 6.45) is 8.78. The van der Waals surface area contributed by atoms with Crippen LogP contribution in [-0.4, -0.2) is 30.1 Å². The van der Waals surface area contributed by atoms with E-state index in [-0.39, 0.29) is 5.54 Å². The summed E-state index contributed by atoms with van der Waals surface area (Å²) in [5, 5.41) is 0. The highest BCUT2D eigenvalue weighted by Gasteiger charge is 2.45. The topological polar surface area (TPSA) is 27.7 Å². The molecule has 0 amide bonds. The van der Waals surface area contributed by atoms with Crippen LogP contribution in [-0.2, 0) is 13.3 Å². The van der Waals surface area contributed by atoms with Crippen LogP contribution in [0.15, 0.2) is 12.7 Å². The van der Waals surface area contributed by atoms with E-state index in [2.05, 4.69) is 13.5 Å². The summed E-state index contributed by atoms with van der Waals surface area (Å²) in [4.78, 5) is 0. The maximum atomic E-state index is 5.48. The molecule has 0 heterocycles. The highest BCUT2D eigenvalue weighted by atomic mass is 28.4. The Bertz CT molecular complexity index is 185. The average molecular weight is 259 g/mol. The fourth-order valence-electron chi connectivity index (χ4n) is 2.04. The van der Waals surface area contributed by atoms with Crippen LogP contribution >= 0.6 is 0 Å². The molecule has 3 nitrogen and oxygen atoms in total. The van der Waals surface area contributed by atoms with Crippen molar-refractivity contribution in [2.24, 2.45) is 0 Å². The van der Waals surface area contributed by atoms with E-state index in [0.29, 0.717) is 0 Å². The van der Waals surface area contributed by atoms with Crippen LogP contribution in [0.5, 0.6) is 0 Å². The second-order valence-electron chi connectivity index (χ2n) is 4.11. The summed E-state index contributed by atoms with van der Waals surface area (Å²) >= 11 is 0. The normalized spacial score (nSPS) is 13.6. The number of hydrogen-bond donors (Lipinski definition) is 0.